The van der Waals surface area contributed by atoms with E-state index in [-0.39, 0.29) is 18.0 Å². The quantitative estimate of drug-likeness (QED) is 0.794. The number of nitrogens with zero attached hydrogens (tertiary/aromatic N) is 1. The van der Waals surface area contributed by atoms with Gasteiger partial charge in [0.05, 0.1) is 16.8 Å². The van der Waals surface area contributed by atoms with Gasteiger partial charge in [0.25, 0.3) is 0 Å². The van der Waals surface area contributed by atoms with Gasteiger partial charge >= 0.3 is 0 Å². The lowest BCUT2D eigenvalue weighted by Gasteiger charge is -2.23. The Bertz CT molecular complexity index is 954. The SMILES string of the molecule is Cc1cccc(N(CCNS(=O)(=O)c2cccc(C)c2)S(C)(=O)=O)c1. The summed E-state index contributed by atoms with van der Waals surface area (Å²) in [5, 5.41) is 0. The van der Waals surface area contributed by atoms with Gasteiger partial charge in [-0.05, 0) is 49.2 Å². The lowest BCUT2D eigenvalue weighted by atomic mass is 10.2. The monoisotopic (exact) mass is 382 g/mol. The molecule has 8 heteroatoms. The topological polar surface area (TPSA) is 83.6 Å². The van der Waals surface area contributed by atoms with Gasteiger partial charge in [0.2, 0.25) is 20.0 Å². The second-order valence-corrected chi connectivity index (χ2v) is 9.56. The molecule has 6 nitrogen and oxygen atoms in total. The van der Waals surface area contributed by atoms with Crippen molar-refractivity contribution in [2.75, 3.05) is 23.7 Å². The zero-order valence-corrected chi connectivity index (χ0v) is 16.1. The molecule has 1 N–H and O–H groups in total. The summed E-state index contributed by atoms with van der Waals surface area (Å²) in [4.78, 5) is 0.161. The second-order valence-electron chi connectivity index (χ2n) is 5.89. The summed E-state index contributed by atoms with van der Waals surface area (Å²) < 4.78 is 52.4. The zero-order chi connectivity index (χ0) is 18.7. The first kappa shape index (κ1) is 19.4. The average Bonchev–Trinajstić information content (AvgIpc) is 2.50. The summed E-state index contributed by atoms with van der Waals surface area (Å²) in [5.41, 5.74) is 2.27. The van der Waals surface area contributed by atoms with Gasteiger partial charge in [-0.15, -0.1) is 0 Å². The zero-order valence-electron chi connectivity index (χ0n) is 14.4. The maximum atomic E-state index is 12.3. The van der Waals surface area contributed by atoms with E-state index >= 15 is 0 Å². The summed E-state index contributed by atoms with van der Waals surface area (Å²) >= 11 is 0. The Labute approximate surface area is 149 Å². The van der Waals surface area contributed by atoms with E-state index in [1.165, 1.54) is 10.4 Å². The number of benzene rings is 2. The number of anilines is 1. The van der Waals surface area contributed by atoms with Crippen molar-refractivity contribution >= 4 is 25.7 Å². The first-order valence-corrected chi connectivity index (χ1v) is 11.0. The number of hydrogen-bond acceptors (Lipinski definition) is 4. The molecule has 0 aliphatic carbocycles. The van der Waals surface area contributed by atoms with Gasteiger partial charge < -0.3 is 0 Å². The van der Waals surface area contributed by atoms with Crippen LogP contribution in [0.4, 0.5) is 5.69 Å². The number of aryl methyl sites for hydroxylation is 2. The molecule has 0 bridgehead atoms. The van der Waals surface area contributed by atoms with Gasteiger partial charge in [-0.1, -0.05) is 24.3 Å². The van der Waals surface area contributed by atoms with E-state index in [4.69, 9.17) is 0 Å². The van der Waals surface area contributed by atoms with Crippen LogP contribution >= 0.6 is 0 Å². The van der Waals surface area contributed by atoms with Crippen LogP contribution in [0.5, 0.6) is 0 Å². The average molecular weight is 383 g/mol. The van der Waals surface area contributed by atoms with Crippen molar-refractivity contribution in [3.8, 4) is 0 Å². The lowest BCUT2D eigenvalue weighted by molar-refractivity contribution is 0.578. The third-order valence-corrected chi connectivity index (χ3v) is 6.25. The van der Waals surface area contributed by atoms with Gasteiger partial charge in [-0.3, -0.25) is 4.31 Å². The summed E-state index contributed by atoms with van der Waals surface area (Å²) in [6.45, 7) is 3.65. The normalized spacial score (nSPS) is 12.1. The van der Waals surface area contributed by atoms with Crippen LogP contribution in [0.1, 0.15) is 11.1 Å². The molecule has 25 heavy (non-hydrogen) atoms. The number of hydrogen-bond donors (Lipinski definition) is 1. The van der Waals surface area contributed by atoms with E-state index in [1.807, 2.05) is 26.0 Å². The molecular weight excluding hydrogens is 360 g/mol. The molecule has 0 radical (unpaired) electrons. The van der Waals surface area contributed by atoms with E-state index in [2.05, 4.69) is 4.72 Å². The van der Waals surface area contributed by atoms with Crippen LogP contribution in [0.2, 0.25) is 0 Å². The predicted molar refractivity (Wildman–Crippen MR) is 99.7 cm³/mol. The van der Waals surface area contributed by atoms with Crippen LogP contribution in [-0.4, -0.2) is 36.2 Å². The van der Waals surface area contributed by atoms with Gasteiger partial charge in [0.1, 0.15) is 0 Å². The third-order valence-electron chi connectivity index (χ3n) is 3.60. The number of rotatable bonds is 7. The van der Waals surface area contributed by atoms with Crippen LogP contribution in [0, 0.1) is 13.8 Å². The molecule has 0 saturated carbocycles. The summed E-state index contributed by atoms with van der Waals surface area (Å²) in [6.07, 6.45) is 1.10. The van der Waals surface area contributed by atoms with Crippen LogP contribution in [0.3, 0.4) is 0 Å². The minimum Gasteiger partial charge on any atom is -0.269 e. The highest BCUT2D eigenvalue weighted by Crippen LogP contribution is 2.18. The minimum absolute atomic E-state index is 0.00727. The van der Waals surface area contributed by atoms with Crippen molar-refractivity contribution in [1.82, 2.24) is 4.72 Å². The second kappa shape index (κ2) is 7.55. The Morgan fingerprint density at radius 2 is 1.52 bits per heavy atom. The summed E-state index contributed by atoms with van der Waals surface area (Å²) in [5.74, 6) is 0. The molecular formula is C17H22N2O4S2. The molecule has 0 amide bonds. The van der Waals surface area contributed by atoms with Gasteiger partial charge in [-0.25, -0.2) is 21.6 Å². The summed E-state index contributed by atoms with van der Waals surface area (Å²) in [6, 6.07) is 13.6. The highest BCUT2D eigenvalue weighted by Gasteiger charge is 2.19. The molecule has 0 spiro atoms. The van der Waals surface area contributed by atoms with Crippen molar-refractivity contribution in [2.24, 2.45) is 0 Å². The molecule has 0 heterocycles. The molecule has 136 valence electrons. The van der Waals surface area contributed by atoms with Gasteiger partial charge in [0.15, 0.2) is 0 Å². The van der Waals surface area contributed by atoms with Crippen molar-refractivity contribution in [1.29, 1.82) is 0 Å². The molecule has 0 aromatic heterocycles. The first-order chi connectivity index (χ1) is 11.6. The molecule has 2 aromatic carbocycles. The highest BCUT2D eigenvalue weighted by molar-refractivity contribution is 7.92. The highest BCUT2D eigenvalue weighted by atomic mass is 32.2. The molecule has 0 aliphatic heterocycles. The fourth-order valence-electron chi connectivity index (χ4n) is 2.42. The third kappa shape index (κ3) is 5.29. The maximum Gasteiger partial charge on any atom is 0.240 e. The lowest BCUT2D eigenvalue weighted by Crippen LogP contribution is -2.38. The Morgan fingerprint density at radius 1 is 0.920 bits per heavy atom. The first-order valence-electron chi connectivity index (χ1n) is 7.70. The van der Waals surface area contributed by atoms with Crippen LogP contribution in [-0.2, 0) is 20.0 Å². The molecule has 0 saturated heterocycles. The summed E-state index contributed by atoms with van der Waals surface area (Å²) in [7, 11) is -7.21. The standard InChI is InChI=1S/C17H22N2O4S2/c1-14-6-4-8-16(12-14)19(24(3,20)21)11-10-18-25(22,23)17-9-5-7-15(2)13-17/h4-9,12-13,18H,10-11H2,1-3H3. The fraction of sp³-hybridized carbons (Fsp3) is 0.294. The van der Waals surface area contributed by atoms with E-state index in [1.54, 1.807) is 30.3 Å². The fourth-order valence-corrected chi connectivity index (χ4v) is 4.46. The Kier molecular flexibility index (Phi) is 5.87. The van der Waals surface area contributed by atoms with Crippen molar-refractivity contribution < 1.29 is 16.8 Å². The largest absolute Gasteiger partial charge is 0.269 e. The molecule has 0 atom stereocenters. The Hall–Kier alpha value is -1.90. The van der Waals surface area contributed by atoms with E-state index in [9.17, 15) is 16.8 Å². The van der Waals surface area contributed by atoms with Crippen molar-refractivity contribution in [3.05, 3.63) is 59.7 Å². The molecule has 2 rings (SSSR count). The van der Waals surface area contributed by atoms with Gasteiger partial charge in [0, 0.05) is 13.1 Å². The van der Waals surface area contributed by atoms with E-state index in [0.717, 1.165) is 17.4 Å². The number of nitrogens with one attached hydrogen (secondary N) is 1. The predicted octanol–water partition coefficient (Wildman–Crippen LogP) is 2.05. The Morgan fingerprint density at radius 3 is 2.08 bits per heavy atom. The van der Waals surface area contributed by atoms with Crippen LogP contribution in [0.15, 0.2) is 53.4 Å². The molecule has 2 aromatic rings. The smallest absolute Gasteiger partial charge is 0.240 e. The van der Waals surface area contributed by atoms with Crippen molar-refractivity contribution in [2.45, 2.75) is 18.7 Å². The number of sulfonamides is 2. The van der Waals surface area contributed by atoms with E-state index < -0.39 is 20.0 Å². The Balaban J connectivity index is 2.14. The van der Waals surface area contributed by atoms with Gasteiger partial charge in [-0.2, -0.15) is 0 Å². The molecule has 0 unspecified atom stereocenters. The van der Waals surface area contributed by atoms with E-state index in [0.29, 0.717) is 5.69 Å². The minimum atomic E-state index is -3.69. The van der Waals surface area contributed by atoms with Crippen molar-refractivity contribution in [3.63, 3.8) is 0 Å². The molecule has 0 fully saturated rings. The van der Waals surface area contributed by atoms with Crippen LogP contribution in [0.25, 0.3) is 0 Å². The molecule has 0 aliphatic rings. The van der Waals surface area contributed by atoms with Crippen LogP contribution < -0.4 is 9.03 Å². The maximum absolute atomic E-state index is 12.3.